The number of nitrogens with one attached hydrogen (secondary N) is 1. The normalized spacial score (nSPS) is 22.5. The maximum absolute atomic E-state index is 11.2. The molecule has 2 unspecified atom stereocenters. The first-order valence-electron chi connectivity index (χ1n) is 6.40. The molecule has 2 N–H and O–H groups in total. The quantitative estimate of drug-likeness (QED) is 0.854. The number of aromatic nitrogens is 2. The standard InChI is InChI=1S/C13H16N4O2/c14-7-11-12(16-6-5-15-11)17-8-9-3-1-2-4-10(9)13(18)19/h5-6,9-10H,1-4,8H2,(H,16,17)(H,18,19). The fraction of sp³-hybridized carbons (Fsp3) is 0.538. The second-order valence-corrected chi connectivity index (χ2v) is 4.74. The molecule has 0 saturated heterocycles. The fourth-order valence-electron chi connectivity index (χ4n) is 2.55. The topological polar surface area (TPSA) is 98.9 Å². The number of nitriles is 1. The zero-order chi connectivity index (χ0) is 13.7. The maximum Gasteiger partial charge on any atom is 0.306 e. The van der Waals surface area contributed by atoms with Gasteiger partial charge in [-0.05, 0) is 18.8 Å². The molecule has 0 bridgehead atoms. The summed E-state index contributed by atoms with van der Waals surface area (Å²) in [6, 6.07) is 1.96. The number of aliphatic carboxylic acids is 1. The molecule has 0 amide bonds. The van der Waals surface area contributed by atoms with Crippen LogP contribution in [0.15, 0.2) is 12.4 Å². The number of carbonyl (C=O) groups is 1. The molecular formula is C13H16N4O2. The van der Waals surface area contributed by atoms with Crippen LogP contribution in [0.5, 0.6) is 0 Å². The van der Waals surface area contributed by atoms with Gasteiger partial charge in [-0.2, -0.15) is 5.26 Å². The minimum atomic E-state index is -0.730. The first-order chi connectivity index (χ1) is 9.22. The lowest BCUT2D eigenvalue weighted by Gasteiger charge is -2.28. The van der Waals surface area contributed by atoms with E-state index in [9.17, 15) is 9.90 Å². The summed E-state index contributed by atoms with van der Waals surface area (Å²) in [7, 11) is 0. The third-order valence-corrected chi connectivity index (χ3v) is 3.56. The smallest absolute Gasteiger partial charge is 0.306 e. The number of hydrogen-bond acceptors (Lipinski definition) is 5. The average Bonchev–Trinajstić information content (AvgIpc) is 2.45. The minimum absolute atomic E-state index is 0.0831. The van der Waals surface area contributed by atoms with Crippen LogP contribution in [0.2, 0.25) is 0 Å². The molecule has 6 heteroatoms. The molecule has 2 atom stereocenters. The molecule has 0 spiro atoms. The third-order valence-electron chi connectivity index (χ3n) is 3.56. The summed E-state index contributed by atoms with van der Waals surface area (Å²) in [6.45, 7) is 0.518. The van der Waals surface area contributed by atoms with Crippen molar-refractivity contribution in [2.24, 2.45) is 11.8 Å². The predicted octanol–water partition coefficient (Wildman–Crippen LogP) is 1.65. The fourth-order valence-corrected chi connectivity index (χ4v) is 2.55. The van der Waals surface area contributed by atoms with E-state index in [0.29, 0.717) is 12.4 Å². The monoisotopic (exact) mass is 260 g/mol. The summed E-state index contributed by atoms with van der Waals surface area (Å²) in [4.78, 5) is 19.2. The van der Waals surface area contributed by atoms with Crippen molar-refractivity contribution >= 4 is 11.8 Å². The van der Waals surface area contributed by atoms with Crippen molar-refractivity contribution in [1.82, 2.24) is 9.97 Å². The van der Waals surface area contributed by atoms with Crippen molar-refractivity contribution in [2.75, 3.05) is 11.9 Å². The minimum Gasteiger partial charge on any atom is -0.481 e. The Labute approximate surface area is 111 Å². The Morgan fingerprint density at radius 1 is 1.42 bits per heavy atom. The Morgan fingerprint density at radius 3 is 2.89 bits per heavy atom. The van der Waals surface area contributed by atoms with E-state index in [1.54, 1.807) is 0 Å². The highest BCUT2D eigenvalue weighted by molar-refractivity contribution is 5.70. The van der Waals surface area contributed by atoms with Gasteiger partial charge in [0.1, 0.15) is 6.07 Å². The molecule has 0 aliphatic heterocycles. The van der Waals surface area contributed by atoms with Crippen molar-refractivity contribution < 1.29 is 9.90 Å². The molecular weight excluding hydrogens is 244 g/mol. The van der Waals surface area contributed by atoms with Crippen LogP contribution >= 0.6 is 0 Å². The number of rotatable bonds is 4. The molecule has 1 aromatic rings. The summed E-state index contributed by atoms with van der Waals surface area (Å²) < 4.78 is 0. The Bertz CT molecular complexity index is 498. The largest absolute Gasteiger partial charge is 0.481 e. The van der Waals surface area contributed by atoms with E-state index in [4.69, 9.17) is 5.26 Å². The molecule has 2 rings (SSSR count). The summed E-state index contributed by atoms with van der Waals surface area (Å²) in [5, 5.41) is 21.2. The molecule has 6 nitrogen and oxygen atoms in total. The van der Waals surface area contributed by atoms with Crippen LogP contribution in [0.1, 0.15) is 31.4 Å². The number of anilines is 1. The van der Waals surface area contributed by atoms with Crippen molar-refractivity contribution in [3.63, 3.8) is 0 Å². The van der Waals surface area contributed by atoms with Gasteiger partial charge in [0.25, 0.3) is 0 Å². The number of carboxylic acid groups (broad SMARTS) is 1. The van der Waals surface area contributed by atoms with Crippen LogP contribution in [0, 0.1) is 23.2 Å². The Balaban J connectivity index is 2.01. The van der Waals surface area contributed by atoms with Crippen molar-refractivity contribution in [1.29, 1.82) is 5.26 Å². The van der Waals surface area contributed by atoms with Gasteiger partial charge in [0.15, 0.2) is 11.5 Å². The van der Waals surface area contributed by atoms with E-state index >= 15 is 0 Å². The molecule has 1 heterocycles. The Hall–Kier alpha value is -2.16. The molecule has 1 aromatic heterocycles. The molecule has 100 valence electrons. The van der Waals surface area contributed by atoms with Crippen molar-refractivity contribution in [2.45, 2.75) is 25.7 Å². The van der Waals surface area contributed by atoms with Gasteiger partial charge in [0, 0.05) is 18.9 Å². The van der Waals surface area contributed by atoms with Crippen LogP contribution < -0.4 is 5.32 Å². The van der Waals surface area contributed by atoms with Gasteiger partial charge in [-0.25, -0.2) is 9.97 Å². The highest BCUT2D eigenvalue weighted by atomic mass is 16.4. The van der Waals surface area contributed by atoms with Gasteiger partial charge >= 0.3 is 5.97 Å². The predicted molar refractivity (Wildman–Crippen MR) is 68.3 cm³/mol. The first-order valence-corrected chi connectivity index (χ1v) is 6.40. The van der Waals surface area contributed by atoms with Crippen LogP contribution in [0.25, 0.3) is 0 Å². The Kier molecular flexibility index (Phi) is 4.29. The van der Waals surface area contributed by atoms with Gasteiger partial charge in [0.2, 0.25) is 0 Å². The number of nitrogens with zero attached hydrogens (tertiary/aromatic N) is 3. The third kappa shape index (κ3) is 3.19. The maximum atomic E-state index is 11.2. The lowest BCUT2D eigenvalue weighted by atomic mass is 9.79. The van der Waals surface area contributed by atoms with Crippen molar-refractivity contribution in [3.05, 3.63) is 18.1 Å². The summed E-state index contributed by atoms with van der Waals surface area (Å²) in [5.74, 6) is -0.519. The summed E-state index contributed by atoms with van der Waals surface area (Å²) >= 11 is 0. The highest BCUT2D eigenvalue weighted by Gasteiger charge is 2.30. The molecule has 19 heavy (non-hydrogen) atoms. The zero-order valence-electron chi connectivity index (χ0n) is 10.5. The van der Waals surface area contributed by atoms with E-state index in [1.807, 2.05) is 6.07 Å². The Morgan fingerprint density at radius 2 is 2.16 bits per heavy atom. The van der Waals surface area contributed by atoms with E-state index in [-0.39, 0.29) is 17.5 Å². The van der Waals surface area contributed by atoms with Gasteiger partial charge < -0.3 is 10.4 Å². The van der Waals surface area contributed by atoms with Gasteiger partial charge in [0.05, 0.1) is 5.92 Å². The summed E-state index contributed by atoms with van der Waals surface area (Å²) in [5.41, 5.74) is 0.241. The number of carboxylic acids is 1. The highest BCUT2D eigenvalue weighted by Crippen LogP contribution is 2.30. The lowest BCUT2D eigenvalue weighted by Crippen LogP contribution is -2.32. The zero-order valence-corrected chi connectivity index (χ0v) is 10.5. The van der Waals surface area contributed by atoms with E-state index in [0.717, 1.165) is 25.7 Å². The second kappa shape index (κ2) is 6.14. The van der Waals surface area contributed by atoms with Crippen molar-refractivity contribution in [3.8, 4) is 6.07 Å². The summed E-state index contributed by atoms with van der Waals surface area (Å²) in [6.07, 6.45) is 6.63. The van der Waals surface area contributed by atoms with Gasteiger partial charge in [-0.1, -0.05) is 12.8 Å². The molecule has 1 fully saturated rings. The van der Waals surface area contributed by atoms with Crippen LogP contribution in [0.4, 0.5) is 5.82 Å². The average molecular weight is 260 g/mol. The molecule has 1 aliphatic rings. The SMILES string of the molecule is N#Cc1nccnc1NCC1CCCCC1C(=O)O. The molecule has 1 aliphatic carbocycles. The van der Waals surface area contributed by atoms with E-state index in [2.05, 4.69) is 15.3 Å². The van der Waals surface area contributed by atoms with Gasteiger partial charge in [-0.15, -0.1) is 0 Å². The van der Waals surface area contributed by atoms with Crippen LogP contribution in [-0.4, -0.2) is 27.6 Å². The second-order valence-electron chi connectivity index (χ2n) is 4.74. The lowest BCUT2D eigenvalue weighted by molar-refractivity contribution is -0.144. The van der Waals surface area contributed by atoms with E-state index < -0.39 is 5.97 Å². The van der Waals surface area contributed by atoms with E-state index in [1.165, 1.54) is 12.4 Å². The van der Waals surface area contributed by atoms with Gasteiger partial charge in [-0.3, -0.25) is 4.79 Å². The molecule has 0 aromatic carbocycles. The van der Waals surface area contributed by atoms with Crippen LogP contribution in [-0.2, 0) is 4.79 Å². The molecule has 1 saturated carbocycles. The number of hydrogen-bond donors (Lipinski definition) is 2. The molecule has 0 radical (unpaired) electrons. The van der Waals surface area contributed by atoms with Crippen LogP contribution in [0.3, 0.4) is 0 Å². The first kappa shape index (κ1) is 13.3.